The van der Waals surface area contributed by atoms with Gasteiger partial charge in [0.05, 0.1) is 5.56 Å². The molecule has 2 aliphatic rings. The number of anilines is 2. The third-order valence-electron chi connectivity index (χ3n) is 5.08. The molecule has 2 fully saturated rings. The number of likely N-dealkylation sites (N-methyl/N-ethyl adjacent to an activating group) is 1. The van der Waals surface area contributed by atoms with Crippen LogP contribution in [0.25, 0.3) is 0 Å². The van der Waals surface area contributed by atoms with Gasteiger partial charge in [0.25, 0.3) is 0 Å². The smallest absolute Gasteiger partial charge is 0.380 e. The van der Waals surface area contributed by atoms with E-state index in [9.17, 15) is 18.0 Å². The number of aldehydes is 1. The predicted molar refractivity (Wildman–Crippen MR) is 100.0 cm³/mol. The van der Waals surface area contributed by atoms with E-state index >= 15 is 0 Å². The highest BCUT2D eigenvalue weighted by Crippen LogP contribution is 2.35. The first-order valence-electron chi connectivity index (χ1n) is 9.13. The molecule has 3 rings (SSSR count). The summed E-state index contributed by atoms with van der Waals surface area (Å²) in [7, 11) is 2.02. The number of hydrogen-bond donors (Lipinski definition) is 1. The van der Waals surface area contributed by atoms with Gasteiger partial charge >= 0.3 is 6.18 Å². The Labute approximate surface area is 157 Å². The second-order valence-corrected chi connectivity index (χ2v) is 7.16. The molecule has 0 bridgehead atoms. The third kappa shape index (κ3) is 5.15. The molecule has 1 aromatic carbocycles. The van der Waals surface area contributed by atoms with E-state index in [1.807, 2.05) is 22.9 Å². The van der Waals surface area contributed by atoms with Gasteiger partial charge in [0.2, 0.25) is 0 Å². The van der Waals surface area contributed by atoms with Crippen LogP contribution in [0.1, 0.15) is 12.0 Å². The maximum Gasteiger partial charge on any atom is 0.416 e. The summed E-state index contributed by atoms with van der Waals surface area (Å²) >= 11 is 0. The Hall–Kier alpha value is -2.22. The van der Waals surface area contributed by atoms with Crippen LogP contribution in [-0.2, 0) is 11.0 Å². The SMILES string of the molecule is CN1CCN(c2cc(N[C@H]3CCN(C=CC=O)C3)cc(C(F)(F)F)c2)CC1. The predicted octanol–water partition coefficient (Wildman–Crippen LogP) is 2.66. The molecular formula is C19H25F3N4O. The molecule has 0 aliphatic carbocycles. The number of halogens is 3. The quantitative estimate of drug-likeness (QED) is 0.626. The van der Waals surface area contributed by atoms with Gasteiger partial charge in [-0.05, 0) is 37.7 Å². The van der Waals surface area contributed by atoms with Gasteiger partial charge in [-0.3, -0.25) is 4.79 Å². The average Bonchev–Trinajstić information content (AvgIpc) is 3.07. The van der Waals surface area contributed by atoms with Crippen LogP contribution < -0.4 is 10.2 Å². The molecule has 0 saturated carbocycles. The van der Waals surface area contributed by atoms with Gasteiger partial charge in [-0.1, -0.05) is 0 Å². The molecule has 1 atom stereocenters. The van der Waals surface area contributed by atoms with Crippen LogP contribution in [0, 0.1) is 0 Å². The highest BCUT2D eigenvalue weighted by Gasteiger charge is 2.32. The van der Waals surface area contributed by atoms with Gasteiger partial charge in [-0.15, -0.1) is 0 Å². The number of hydrogen-bond acceptors (Lipinski definition) is 5. The first kappa shape index (κ1) is 19.5. The zero-order valence-electron chi connectivity index (χ0n) is 15.4. The number of allylic oxidation sites excluding steroid dienone is 1. The van der Waals surface area contributed by atoms with Gasteiger partial charge in [0, 0.05) is 62.9 Å². The van der Waals surface area contributed by atoms with Crippen molar-refractivity contribution in [1.29, 1.82) is 0 Å². The van der Waals surface area contributed by atoms with E-state index in [0.717, 1.165) is 32.3 Å². The molecule has 1 N–H and O–H groups in total. The number of likely N-dealkylation sites (tertiary alicyclic amines) is 1. The Morgan fingerprint density at radius 1 is 1.11 bits per heavy atom. The van der Waals surface area contributed by atoms with E-state index in [1.54, 1.807) is 6.20 Å². The Morgan fingerprint density at radius 2 is 1.85 bits per heavy atom. The summed E-state index contributed by atoms with van der Waals surface area (Å²) < 4.78 is 40.2. The largest absolute Gasteiger partial charge is 0.416 e. The summed E-state index contributed by atoms with van der Waals surface area (Å²) in [4.78, 5) is 16.6. The second-order valence-electron chi connectivity index (χ2n) is 7.16. The molecule has 2 heterocycles. The molecule has 5 nitrogen and oxygen atoms in total. The topological polar surface area (TPSA) is 38.8 Å². The highest BCUT2D eigenvalue weighted by atomic mass is 19.4. The Bertz CT molecular complexity index is 684. The van der Waals surface area contributed by atoms with Gasteiger partial charge < -0.3 is 20.0 Å². The second kappa shape index (κ2) is 8.21. The van der Waals surface area contributed by atoms with E-state index in [2.05, 4.69) is 10.2 Å². The van der Waals surface area contributed by atoms with Crippen LogP contribution >= 0.6 is 0 Å². The lowest BCUT2D eigenvalue weighted by Gasteiger charge is -2.34. The van der Waals surface area contributed by atoms with E-state index < -0.39 is 11.7 Å². The fraction of sp³-hybridized carbons (Fsp3) is 0.526. The van der Waals surface area contributed by atoms with E-state index in [4.69, 9.17) is 0 Å². The molecule has 8 heteroatoms. The molecule has 0 radical (unpaired) electrons. The molecule has 0 unspecified atom stereocenters. The summed E-state index contributed by atoms with van der Waals surface area (Å²) in [6.07, 6.45) is 0.293. The lowest BCUT2D eigenvalue weighted by Crippen LogP contribution is -2.44. The van der Waals surface area contributed by atoms with Crippen molar-refractivity contribution in [2.45, 2.75) is 18.6 Å². The number of carbonyl (C=O) groups is 1. The first-order valence-corrected chi connectivity index (χ1v) is 9.13. The van der Waals surface area contributed by atoms with Crippen molar-refractivity contribution in [3.05, 3.63) is 36.0 Å². The van der Waals surface area contributed by atoms with E-state index in [-0.39, 0.29) is 6.04 Å². The van der Waals surface area contributed by atoms with Crippen molar-refractivity contribution >= 4 is 17.7 Å². The molecule has 0 spiro atoms. The molecule has 2 saturated heterocycles. The summed E-state index contributed by atoms with van der Waals surface area (Å²) in [6.45, 7) is 4.52. The van der Waals surface area contributed by atoms with Crippen LogP contribution in [-0.4, -0.2) is 68.4 Å². The van der Waals surface area contributed by atoms with Gasteiger partial charge in [0.1, 0.15) is 6.29 Å². The molecule has 2 aliphatic heterocycles. The molecule has 27 heavy (non-hydrogen) atoms. The molecule has 0 amide bonds. The van der Waals surface area contributed by atoms with E-state index in [1.165, 1.54) is 18.2 Å². The minimum absolute atomic E-state index is 0.0464. The van der Waals surface area contributed by atoms with Crippen molar-refractivity contribution in [2.24, 2.45) is 0 Å². The molecule has 1 aromatic rings. The standard InChI is InChI=1S/C19H25F3N4O/c1-24-6-8-26(9-7-24)18-12-15(19(20,21)22)11-17(13-18)23-16-3-5-25(14-16)4-2-10-27/h2,4,10-13,16,23H,3,5-9,14H2,1H3/t16-/m0/s1. The zero-order chi connectivity index (χ0) is 19.4. The van der Waals surface area contributed by atoms with Gasteiger partial charge in [-0.2, -0.15) is 13.2 Å². The zero-order valence-corrected chi connectivity index (χ0v) is 15.4. The maximum atomic E-state index is 13.4. The number of rotatable bonds is 5. The molecule has 0 aromatic heterocycles. The summed E-state index contributed by atoms with van der Waals surface area (Å²) in [6, 6.07) is 4.28. The number of alkyl halides is 3. The fourth-order valence-electron chi connectivity index (χ4n) is 3.54. The number of benzene rings is 1. The maximum absolute atomic E-state index is 13.4. The first-order chi connectivity index (χ1) is 12.8. The van der Waals surface area contributed by atoms with Crippen LogP contribution in [0.3, 0.4) is 0 Å². The van der Waals surface area contributed by atoms with Crippen molar-refractivity contribution in [2.75, 3.05) is 56.5 Å². The van der Waals surface area contributed by atoms with Gasteiger partial charge in [0.15, 0.2) is 0 Å². The normalized spacial score (nSPS) is 21.9. The Balaban J connectivity index is 1.77. The summed E-state index contributed by atoms with van der Waals surface area (Å²) in [5.74, 6) is 0. The monoisotopic (exact) mass is 382 g/mol. The number of nitrogens with one attached hydrogen (secondary N) is 1. The van der Waals surface area contributed by atoms with Crippen LogP contribution in [0.5, 0.6) is 0 Å². The van der Waals surface area contributed by atoms with Crippen molar-refractivity contribution < 1.29 is 18.0 Å². The van der Waals surface area contributed by atoms with Crippen LogP contribution in [0.4, 0.5) is 24.5 Å². The molecular weight excluding hydrogens is 357 g/mol. The number of nitrogens with zero attached hydrogens (tertiary/aromatic N) is 3. The number of piperazine rings is 1. The minimum atomic E-state index is -4.38. The number of carbonyl (C=O) groups excluding carboxylic acids is 1. The lowest BCUT2D eigenvalue weighted by molar-refractivity contribution is -0.137. The van der Waals surface area contributed by atoms with Crippen LogP contribution in [0.2, 0.25) is 0 Å². The minimum Gasteiger partial charge on any atom is -0.380 e. The van der Waals surface area contributed by atoms with Crippen molar-refractivity contribution in [1.82, 2.24) is 9.80 Å². The summed E-state index contributed by atoms with van der Waals surface area (Å²) in [5, 5.41) is 3.25. The lowest BCUT2D eigenvalue weighted by atomic mass is 10.1. The van der Waals surface area contributed by atoms with Crippen LogP contribution in [0.15, 0.2) is 30.5 Å². The van der Waals surface area contributed by atoms with Gasteiger partial charge in [-0.25, -0.2) is 0 Å². The Kier molecular flexibility index (Phi) is 5.94. The van der Waals surface area contributed by atoms with E-state index in [0.29, 0.717) is 31.0 Å². The average molecular weight is 382 g/mol. The third-order valence-corrected chi connectivity index (χ3v) is 5.08. The fourth-order valence-corrected chi connectivity index (χ4v) is 3.54. The molecule has 148 valence electrons. The van der Waals surface area contributed by atoms with Crippen molar-refractivity contribution in [3.63, 3.8) is 0 Å². The Morgan fingerprint density at radius 3 is 2.52 bits per heavy atom. The highest BCUT2D eigenvalue weighted by molar-refractivity contribution is 5.64. The summed E-state index contributed by atoms with van der Waals surface area (Å²) in [5.41, 5.74) is 0.471. The van der Waals surface area contributed by atoms with Crippen molar-refractivity contribution in [3.8, 4) is 0 Å².